The molecule has 168 valence electrons. The van der Waals surface area contributed by atoms with Crippen molar-refractivity contribution in [3.05, 3.63) is 59.1 Å². The fraction of sp³-hybridized carbons (Fsp3) is 0.273. The van der Waals surface area contributed by atoms with Gasteiger partial charge in [-0.2, -0.15) is 4.31 Å². The molecule has 2 aromatic carbocycles. The molecule has 1 amide bonds. The predicted octanol–water partition coefficient (Wildman–Crippen LogP) is 3.95. The number of fused-ring (bicyclic) bond motifs is 1. The van der Waals surface area contributed by atoms with E-state index in [0.717, 1.165) is 10.9 Å². The van der Waals surface area contributed by atoms with Gasteiger partial charge in [-0.25, -0.2) is 13.4 Å². The van der Waals surface area contributed by atoms with Crippen LogP contribution in [0.25, 0.3) is 10.9 Å². The first kappa shape index (κ1) is 23.0. The van der Waals surface area contributed by atoms with Gasteiger partial charge in [0.15, 0.2) is 0 Å². The molecule has 0 bridgehead atoms. The maximum Gasteiger partial charge on any atom is 0.243 e. The van der Waals surface area contributed by atoms with Crippen LogP contribution in [0.1, 0.15) is 5.56 Å². The zero-order valence-electron chi connectivity index (χ0n) is 17.4. The Bertz CT molecular complexity index is 1260. The highest BCUT2D eigenvalue weighted by atomic mass is 35.5. The Hall–Kier alpha value is -2.17. The third-order valence-corrected chi connectivity index (χ3v) is 8.07. The number of benzene rings is 2. The van der Waals surface area contributed by atoms with Crippen LogP contribution in [0.4, 0.5) is 5.69 Å². The number of pyridine rings is 1. The van der Waals surface area contributed by atoms with Crippen LogP contribution in [0.5, 0.6) is 0 Å². The highest BCUT2D eigenvalue weighted by Crippen LogP contribution is 2.27. The van der Waals surface area contributed by atoms with Crippen LogP contribution in [0.3, 0.4) is 0 Å². The quantitative estimate of drug-likeness (QED) is 0.525. The van der Waals surface area contributed by atoms with E-state index < -0.39 is 10.0 Å². The van der Waals surface area contributed by atoms with Gasteiger partial charge in [-0.05, 0) is 55.0 Å². The van der Waals surface area contributed by atoms with Crippen LogP contribution >= 0.6 is 23.4 Å². The minimum absolute atomic E-state index is 0.163. The molecule has 0 saturated carbocycles. The molecule has 1 aliphatic heterocycles. The lowest BCUT2D eigenvalue weighted by Gasteiger charge is -2.26. The Kier molecular flexibility index (Phi) is 7.02. The van der Waals surface area contributed by atoms with Crippen LogP contribution in [-0.4, -0.2) is 55.7 Å². The number of thioether (sulfide) groups is 1. The number of sulfonamides is 1. The molecular weight excluding hydrogens is 470 g/mol. The molecule has 0 unspecified atom stereocenters. The van der Waals surface area contributed by atoms with E-state index in [4.69, 9.17) is 16.3 Å². The van der Waals surface area contributed by atoms with Crippen molar-refractivity contribution in [1.82, 2.24) is 9.29 Å². The minimum Gasteiger partial charge on any atom is -0.379 e. The summed E-state index contributed by atoms with van der Waals surface area (Å²) in [5.41, 5.74) is 2.22. The number of anilines is 1. The van der Waals surface area contributed by atoms with E-state index >= 15 is 0 Å². The summed E-state index contributed by atoms with van der Waals surface area (Å²) in [5.74, 6) is 0.0253. The molecule has 10 heteroatoms. The lowest BCUT2D eigenvalue weighted by Crippen LogP contribution is -2.40. The molecule has 7 nitrogen and oxygen atoms in total. The van der Waals surface area contributed by atoms with E-state index in [1.165, 1.54) is 16.1 Å². The second-order valence-corrected chi connectivity index (χ2v) is 10.7. The summed E-state index contributed by atoms with van der Waals surface area (Å²) in [6, 6.07) is 13.8. The molecule has 4 rings (SSSR count). The topological polar surface area (TPSA) is 88.6 Å². The molecule has 0 spiro atoms. The molecule has 2 heterocycles. The normalized spacial score (nSPS) is 15.1. The monoisotopic (exact) mass is 491 g/mol. The molecular formula is C22H22ClN3O4S2. The molecule has 0 radical (unpaired) electrons. The average Bonchev–Trinajstić information content (AvgIpc) is 2.78. The fourth-order valence-corrected chi connectivity index (χ4v) is 5.81. The van der Waals surface area contributed by atoms with Gasteiger partial charge in [0.05, 0.1) is 34.4 Å². The van der Waals surface area contributed by atoms with E-state index in [0.29, 0.717) is 47.6 Å². The summed E-state index contributed by atoms with van der Waals surface area (Å²) >= 11 is 7.26. The Morgan fingerprint density at radius 1 is 1.19 bits per heavy atom. The number of nitrogens with zero attached hydrogens (tertiary/aromatic N) is 2. The maximum absolute atomic E-state index is 13.0. The van der Waals surface area contributed by atoms with Crippen LogP contribution in [-0.2, 0) is 19.6 Å². The van der Waals surface area contributed by atoms with E-state index in [2.05, 4.69) is 10.3 Å². The summed E-state index contributed by atoms with van der Waals surface area (Å²) in [5, 5.41) is 4.83. The number of aromatic nitrogens is 1. The van der Waals surface area contributed by atoms with Gasteiger partial charge in [0.1, 0.15) is 0 Å². The highest BCUT2D eigenvalue weighted by Gasteiger charge is 2.26. The SMILES string of the molecule is Cc1cc(SCC(=O)Nc2cccc(Cl)c2)nc2ccc(S(=O)(=O)N3CCOCC3)cc12. The molecule has 1 saturated heterocycles. The van der Waals surface area contributed by atoms with Crippen LogP contribution in [0.15, 0.2) is 58.5 Å². The Labute approximate surface area is 196 Å². The highest BCUT2D eigenvalue weighted by molar-refractivity contribution is 7.99. The molecule has 0 aliphatic carbocycles. The van der Waals surface area contributed by atoms with Crippen LogP contribution in [0.2, 0.25) is 5.02 Å². The van der Waals surface area contributed by atoms with Gasteiger partial charge in [0.2, 0.25) is 15.9 Å². The Balaban J connectivity index is 1.49. The zero-order valence-corrected chi connectivity index (χ0v) is 19.8. The lowest BCUT2D eigenvalue weighted by molar-refractivity contribution is -0.113. The summed E-state index contributed by atoms with van der Waals surface area (Å²) in [4.78, 5) is 17.1. The number of morpholine rings is 1. The van der Waals surface area contributed by atoms with Crippen molar-refractivity contribution in [3.8, 4) is 0 Å². The van der Waals surface area contributed by atoms with Crippen molar-refractivity contribution in [3.63, 3.8) is 0 Å². The van der Waals surface area contributed by atoms with Crippen molar-refractivity contribution >= 4 is 55.9 Å². The van der Waals surface area contributed by atoms with E-state index in [1.54, 1.807) is 42.5 Å². The van der Waals surface area contributed by atoms with Gasteiger partial charge in [0.25, 0.3) is 0 Å². The number of hydrogen-bond acceptors (Lipinski definition) is 6. The van der Waals surface area contributed by atoms with Crippen molar-refractivity contribution < 1.29 is 17.9 Å². The predicted molar refractivity (Wildman–Crippen MR) is 127 cm³/mol. The minimum atomic E-state index is -3.58. The van der Waals surface area contributed by atoms with Crippen LogP contribution in [0, 0.1) is 6.92 Å². The lowest BCUT2D eigenvalue weighted by atomic mass is 10.1. The number of amides is 1. The van der Waals surface area contributed by atoms with E-state index in [1.807, 2.05) is 13.0 Å². The molecule has 1 N–H and O–H groups in total. The number of carbonyl (C=O) groups excluding carboxylic acids is 1. The number of halogens is 1. The van der Waals surface area contributed by atoms with E-state index in [9.17, 15) is 13.2 Å². The molecule has 32 heavy (non-hydrogen) atoms. The largest absolute Gasteiger partial charge is 0.379 e. The smallest absolute Gasteiger partial charge is 0.243 e. The third kappa shape index (κ3) is 5.24. The van der Waals surface area contributed by atoms with Crippen molar-refractivity contribution in [2.45, 2.75) is 16.8 Å². The first-order valence-corrected chi connectivity index (χ1v) is 12.8. The number of ether oxygens (including phenoxy) is 1. The summed E-state index contributed by atoms with van der Waals surface area (Å²) in [6.45, 7) is 3.41. The standard InChI is InChI=1S/C22H22ClN3O4S2/c1-15-11-22(31-14-21(27)24-17-4-2-3-16(23)12-17)25-20-6-5-18(13-19(15)20)32(28,29)26-7-9-30-10-8-26/h2-6,11-13H,7-10,14H2,1H3,(H,24,27). The second kappa shape index (κ2) is 9.76. The molecule has 1 aromatic heterocycles. The van der Waals surface area contributed by atoms with Crippen LogP contribution < -0.4 is 5.32 Å². The summed E-state index contributed by atoms with van der Waals surface area (Å²) in [7, 11) is -3.58. The number of aryl methyl sites for hydroxylation is 1. The number of carbonyl (C=O) groups is 1. The summed E-state index contributed by atoms with van der Waals surface area (Å²) < 4.78 is 32.6. The first-order chi connectivity index (χ1) is 15.3. The third-order valence-electron chi connectivity index (χ3n) is 5.03. The van der Waals surface area contributed by atoms with Gasteiger partial charge in [-0.15, -0.1) is 0 Å². The molecule has 1 fully saturated rings. The van der Waals surface area contributed by atoms with Gasteiger partial charge >= 0.3 is 0 Å². The first-order valence-electron chi connectivity index (χ1n) is 10.0. The average molecular weight is 492 g/mol. The molecule has 1 aliphatic rings. The van der Waals surface area contributed by atoms with Crippen molar-refractivity contribution in [2.24, 2.45) is 0 Å². The van der Waals surface area contributed by atoms with Gasteiger partial charge in [-0.1, -0.05) is 29.4 Å². The maximum atomic E-state index is 13.0. The number of nitrogens with one attached hydrogen (secondary N) is 1. The van der Waals surface area contributed by atoms with Gasteiger partial charge in [0, 0.05) is 29.2 Å². The zero-order chi connectivity index (χ0) is 22.7. The molecule has 0 atom stereocenters. The number of hydrogen-bond donors (Lipinski definition) is 1. The summed E-state index contributed by atoms with van der Waals surface area (Å²) in [6.07, 6.45) is 0. The van der Waals surface area contributed by atoms with E-state index in [-0.39, 0.29) is 16.6 Å². The van der Waals surface area contributed by atoms with Gasteiger partial charge < -0.3 is 10.1 Å². The fourth-order valence-electron chi connectivity index (χ4n) is 3.42. The van der Waals surface area contributed by atoms with Crippen molar-refractivity contribution in [2.75, 3.05) is 37.4 Å². The molecule has 3 aromatic rings. The Morgan fingerprint density at radius 2 is 1.97 bits per heavy atom. The number of rotatable bonds is 6. The van der Waals surface area contributed by atoms with Gasteiger partial charge in [-0.3, -0.25) is 4.79 Å². The Morgan fingerprint density at radius 3 is 2.72 bits per heavy atom. The second-order valence-electron chi connectivity index (χ2n) is 7.32. The van der Waals surface area contributed by atoms with Crippen molar-refractivity contribution in [1.29, 1.82) is 0 Å².